The summed E-state index contributed by atoms with van der Waals surface area (Å²) in [5, 5.41) is 0. The van der Waals surface area contributed by atoms with Crippen LogP contribution in [-0.2, 0) is 0 Å². The summed E-state index contributed by atoms with van der Waals surface area (Å²) in [6.07, 6.45) is 6.36. The molecular weight excluding hydrogens is 156 g/mol. The second kappa shape index (κ2) is 1.51. The number of hydrogen-bond donors (Lipinski definition) is 0. The maximum Gasteiger partial charge on any atom is -0.0201 e. The molecule has 4 fully saturated rings. The van der Waals surface area contributed by atoms with E-state index in [1.165, 1.54) is 0 Å². The fourth-order valence-electron chi connectivity index (χ4n) is 6.36. The number of rotatable bonds is 0. The molecule has 0 N–H and O–H groups in total. The van der Waals surface area contributed by atoms with Gasteiger partial charge in [0.2, 0.25) is 0 Å². The van der Waals surface area contributed by atoms with Crippen LogP contribution in [0.3, 0.4) is 0 Å². The van der Waals surface area contributed by atoms with Gasteiger partial charge in [0.1, 0.15) is 0 Å². The molecule has 5 atom stereocenters. The van der Waals surface area contributed by atoms with Gasteiger partial charge in [0.25, 0.3) is 0 Å². The average Bonchev–Trinajstić information content (AvgIpc) is 2.48. The third-order valence-corrected chi connectivity index (χ3v) is 6.72. The quantitative estimate of drug-likeness (QED) is 0.530. The van der Waals surface area contributed by atoms with Gasteiger partial charge in [-0.25, -0.2) is 0 Å². The summed E-state index contributed by atoms with van der Waals surface area (Å²) in [6, 6.07) is 0. The average molecular weight is 176 g/mol. The zero-order valence-electron chi connectivity index (χ0n) is 9.06. The van der Waals surface area contributed by atoms with Crippen LogP contribution in [0.4, 0.5) is 0 Å². The first kappa shape index (κ1) is 7.31. The molecule has 0 aromatic heterocycles. The lowest BCUT2D eigenvalue weighted by atomic mass is 9.52. The zero-order chi connectivity index (χ0) is 9.06. The van der Waals surface area contributed by atoms with Gasteiger partial charge in [-0.3, -0.25) is 0 Å². The first-order valence-electron chi connectivity index (χ1n) is 6.04. The van der Waals surface area contributed by atoms with E-state index >= 15 is 0 Å². The van der Waals surface area contributed by atoms with Crippen LogP contribution in [0.2, 0.25) is 0 Å². The van der Waals surface area contributed by atoms with E-state index in [1.807, 2.05) is 0 Å². The molecule has 0 aromatic rings. The van der Waals surface area contributed by atoms with Crippen molar-refractivity contribution < 1.29 is 0 Å². The lowest BCUT2D eigenvalue weighted by Crippen LogP contribution is -2.45. The molecule has 72 valence electrons. The van der Waals surface area contributed by atoms with E-state index in [9.17, 15) is 0 Å². The summed E-state index contributed by atoms with van der Waals surface area (Å²) in [5.74, 6) is 3.35. The predicted molar refractivity (Wildman–Crippen MR) is 53.3 cm³/mol. The second-order valence-electron chi connectivity index (χ2n) is 7.10. The third-order valence-electron chi connectivity index (χ3n) is 6.72. The molecule has 4 rings (SSSR count). The Morgan fingerprint density at radius 2 is 1.92 bits per heavy atom. The Morgan fingerprint density at radius 3 is 2.54 bits per heavy atom. The molecule has 0 aromatic carbocycles. The Kier molecular flexibility index (Phi) is 0.850. The van der Waals surface area contributed by atoms with Crippen LogP contribution in [0.5, 0.6) is 0 Å². The molecule has 0 heteroatoms. The van der Waals surface area contributed by atoms with Crippen molar-refractivity contribution in [2.45, 2.75) is 46.5 Å². The summed E-state index contributed by atoms with van der Waals surface area (Å²) >= 11 is 0. The van der Waals surface area contributed by atoms with Gasteiger partial charge < -0.3 is 0 Å². The van der Waals surface area contributed by atoms with Crippen LogP contribution in [0.25, 0.3) is 0 Å². The monoisotopic (exact) mass is 176 g/mol. The van der Waals surface area contributed by atoms with Crippen molar-refractivity contribution in [2.24, 2.45) is 34.0 Å². The van der Waals surface area contributed by atoms with Crippen molar-refractivity contribution >= 4 is 0 Å². The minimum atomic E-state index is 0.729. The SMILES string of the molecule is CC1CC23CCC4(C2)C(C13)C4(C)C. The second-order valence-corrected chi connectivity index (χ2v) is 7.10. The van der Waals surface area contributed by atoms with Crippen molar-refractivity contribution in [3.05, 3.63) is 0 Å². The minimum Gasteiger partial charge on any atom is -0.0622 e. The summed E-state index contributed by atoms with van der Waals surface area (Å²) < 4.78 is 0. The Hall–Kier alpha value is 0. The Balaban J connectivity index is 1.84. The molecule has 2 bridgehead atoms. The third kappa shape index (κ3) is 0.461. The molecule has 0 heterocycles. The molecule has 0 radical (unpaired) electrons. The van der Waals surface area contributed by atoms with Crippen LogP contribution in [0.1, 0.15) is 46.5 Å². The van der Waals surface area contributed by atoms with Gasteiger partial charge in [0.15, 0.2) is 0 Å². The standard InChI is InChI=1S/C13H20/c1-8-6-12-4-5-13(7-12)10(9(8)12)11(13,2)3/h8-10H,4-7H2,1-3H3. The normalized spacial score (nSPS) is 69.9. The molecule has 0 aliphatic heterocycles. The van der Waals surface area contributed by atoms with E-state index < -0.39 is 0 Å². The van der Waals surface area contributed by atoms with Gasteiger partial charge in [-0.15, -0.1) is 0 Å². The predicted octanol–water partition coefficient (Wildman–Crippen LogP) is 3.47. The molecule has 4 aliphatic carbocycles. The molecule has 13 heavy (non-hydrogen) atoms. The smallest absolute Gasteiger partial charge is 0.0201 e. The topological polar surface area (TPSA) is 0 Å². The van der Waals surface area contributed by atoms with E-state index in [0.29, 0.717) is 0 Å². The van der Waals surface area contributed by atoms with Crippen LogP contribution >= 0.6 is 0 Å². The lowest BCUT2D eigenvalue weighted by molar-refractivity contribution is -0.0381. The van der Waals surface area contributed by atoms with Gasteiger partial charge in [-0.1, -0.05) is 20.8 Å². The van der Waals surface area contributed by atoms with Crippen molar-refractivity contribution in [1.29, 1.82) is 0 Å². The van der Waals surface area contributed by atoms with Crippen LogP contribution < -0.4 is 0 Å². The van der Waals surface area contributed by atoms with E-state index in [4.69, 9.17) is 0 Å². The number of fused-ring (bicyclic) bond motifs is 1. The maximum absolute atomic E-state index is 2.54. The molecule has 0 saturated heterocycles. The molecule has 0 nitrogen and oxygen atoms in total. The first-order valence-corrected chi connectivity index (χ1v) is 6.04. The van der Waals surface area contributed by atoms with Gasteiger partial charge in [-0.2, -0.15) is 0 Å². The first-order chi connectivity index (χ1) is 6.04. The van der Waals surface area contributed by atoms with E-state index in [2.05, 4.69) is 20.8 Å². The van der Waals surface area contributed by atoms with Crippen molar-refractivity contribution in [2.75, 3.05) is 0 Å². The van der Waals surface area contributed by atoms with E-state index in [0.717, 1.165) is 34.0 Å². The van der Waals surface area contributed by atoms with Gasteiger partial charge >= 0.3 is 0 Å². The molecular formula is C13H20. The molecule has 0 amide bonds. The van der Waals surface area contributed by atoms with Crippen LogP contribution in [0, 0.1) is 34.0 Å². The molecule has 4 aliphatic rings. The van der Waals surface area contributed by atoms with Gasteiger partial charge in [0.05, 0.1) is 0 Å². The van der Waals surface area contributed by atoms with Crippen LogP contribution in [-0.4, -0.2) is 0 Å². The Morgan fingerprint density at radius 1 is 1.15 bits per heavy atom. The summed E-state index contributed by atoms with van der Waals surface area (Å²) in [4.78, 5) is 0. The Bertz CT molecular complexity index is 303. The summed E-state index contributed by atoms with van der Waals surface area (Å²) in [7, 11) is 0. The number of hydrogen-bond acceptors (Lipinski definition) is 0. The fourth-order valence-corrected chi connectivity index (χ4v) is 6.36. The summed E-state index contributed by atoms with van der Waals surface area (Å²) in [6.45, 7) is 7.58. The lowest BCUT2D eigenvalue weighted by Gasteiger charge is -2.52. The zero-order valence-corrected chi connectivity index (χ0v) is 9.06. The van der Waals surface area contributed by atoms with Gasteiger partial charge in [0, 0.05) is 0 Å². The molecule has 4 saturated carbocycles. The minimum absolute atomic E-state index is 0.729. The highest BCUT2D eigenvalue weighted by Crippen LogP contribution is 2.93. The highest BCUT2D eigenvalue weighted by Gasteiger charge is 2.86. The largest absolute Gasteiger partial charge is 0.0622 e. The highest BCUT2D eigenvalue weighted by molar-refractivity contribution is 5.34. The fraction of sp³-hybridized carbons (Fsp3) is 1.00. The van der Waals surface area contributed by atoms with Crippen molar-refractivity contribution in [1.82, 2.24) is 0 Å². The Labute approximate surface area is 81.1 Å². The van der Waals surface area contributed by atoms with Crippen molar-refractivity contribution in [3.63, 3.8) is 0 Å². The molecule has 5 unspecified atom stereocenters. The van der Waals surface area contributed by atoms with Gasteiger partial charge in [-0.05, 0) is 59.7 Å². The van der Waals surface area contributed by atoms with E-state index in [-0.39, 0.29) is 0 Å². The highest BCUT2D eigenvalue weighted by atomic mass is 14.9. The molecule has 2 spiro atoms. The maximum atomic E-state index is 2.54. The van der Waals surface area contributed by atoms with E-state index in [1.54, 1.807) is 25.7 Å². The summed E-state index contributed by atoms with van der Waals surface area (Å²) in [5.41, 5.74) is 2.47. The van der Waals surface area contributed by atoms with Crippen LogP contribution in [0.15, 0.2) is 0 Å². The van der Waals surface area contributed by atoms with Crippen molar-refractivity contribution in [3.8, 4) is 0 Å².